The number of hydrogen-bond donors (Lipinski definition) is 1. The van der Waals surface area contributed by atoms with Crippen LogP contribution in [-0.4, -0.2) is 25.2 Å². The van der Waals surface area contributed by atoms with E-state index in [1.54, 1.807) is 13.0 Å². The topological polar surface area (TPSA) is 47.6 Å². The molecule has 4 nitrogen and oxygen atoms in total. The van der Waals surface area contributed by atoms with Crippen LogP contribution in [0.3, 0.4) is 0 Å². The van der Waals surface area contributed by atoms with Crippen molar-refractivity contribution in [2.24, 2.45) is 0 Å². The fourth-order valence-electron chi connectivity index (χ4n) is 2.10. The van der Waals surface area contributed by atoms with Crippen LogP contribution in [0.2, 0.25) is 5.02 Å². The minimum Gasteiger partial charge on any atom is -0.492 e. The summed E-state index contributed by atoms with van der Waals surface area (Å²) in [5.41, 5.74) is 2.09. The second kappa shape index (κ2) is 8.60. The van der Waals surface area contributed by atoms with Gasteiger partial charge in [0.25, 0.3) is 5.91 Å². The highest BCUT2D eigenvalue weighted by Crippen LogP contribution is 2.21. The summed E-state index contributed by atoms with van der Waals surface area (Å²) in [6.45, 7) is 6.39. The molecule has 0 aromatic heterocycles. The van der Waals surface area contributed by atoms with Crippen LogP contribution >= 0.6 is 11.6 Å². The van der Waals surface area contributed by atoms with E-state index in [1.165, 1.54) is 0 Å². The second-order valence-electron chi connectivity index (χ2n) is 5.63. The Morgan fingerprint density at radius 2 is 1.96 bits per heavy atom. The summed E-state index contributed by atoms with van der Waals surface area (Å²) < 4.78 is 11.2. The van der Waals surface area contributed by atoms with Crippen molar-refractivity contribution in [3.05, 3.63) is 58.6 Å². The van der Waals surface area contributed by atoms with Gasteiger partial charge in [0.15, 0.2) is 6.10 Å². The van der Waals surface area contributed by atoms with Gasteiger partial charge in [-0.05, 0) is 56.2 Å². The van der Waals surface area contributed by atoms with Gasteiger partial charge in [0.05, 0.1) is 6.54 Å². The molecule has 5 heteroatoms. The molecule has 0 fully saturated rings. The summed E-state index contributed by atoms with van der Waals surface area (Å²) in [6.07, 6.45) is -0.569. The molecule has 2 aromatic carbocycles. The quantitative estimate of drug-likeness (QED) is 0.772. The average molecular weight is 348 g/mol. The number of carbonyl (C=O) groups is 1. The molecule has 128 valence electrons. The van der Waals surface area contributed by atoms with E-state index in [0.717, 1.165) is 11.1 Å². The van der Waals surface area contributed by atoms with Crippen LogP contribution in [-0.2, 0) is 4.79 Å². The summed E-state index contributed by atoms with van der Waals surface area (Å²) in [7, 11) is 0. The van der Waals surface area contributed by atoms with E-state index in [1.807, 2.05) is 50.2 Å². The zero-order valence-electron chi connectivity index (χ0n) is 14.1. The molecule has 2 aromatic rings. The van der Waals surface area contributed by atoms with Gasteiger partial charge in [0, 0.05) is 5.02 Å². The van der Waals surface area contributed by atoms with Gasteiger partial charge in [0.2, 0.25) is 0 Å². The minimum atomic E-state index is -0.569. The van der Waals surface area contributed by atoms with Crippen LogP contribution in [0.15, 0.2) is 42.5 Å². The molecule has 0 bridgehead atoms. The van der Waals surface area contributed by atoms with Gasteiger partial charge in [-0.3, -0.25) is 4.79 Å². The molecular weight excluding hydrogens is 326 g/mol. The molecule has 0 unspecified atom stereocenters. The maximum absolute atomic E-state index is 12.0. The van der Waals surface area contributed by atoms with Gasteiger partial charge in [0.1, 0.15) is 18.1 Å². The first-order valence-electron chi connectivity index (χ1n) is 7.85. The SMILES string of the molecule is Cc1cccc(O[C@@H](C)C(=O)NCCOc2ccc(C)c(Cl)c2)c1. The lowest BCUT2D eigenvalue weighted by molar-refractivity contribution is -0.127. The van der Waals surface area contributed by atoms with Crippen molar-refractivity contribution < 1.29 is 14.3 Å². The van der Waals surface area contributed by atoms with Gasteiger partial charge in [-0.25, -0.2) is 0 Å². The van der Waals surface area contributed by atoms with E-state index in [2.05, 4.69) is 5.32 Å². The third kappa shape index (κ3) is 5.46. The summed E-state index contributed by atoms with van der Waals surface area (Å²) >= 11 is 6.04. The van der Waals surface area contributed by atoms with E-state index < -0.39 is 6.10 Å². The number of halogens is 1. The first-order valence-corrected chi connectivity index (χ1v) is 8.23. The monoisotopic (exact) mass is 347 g/mol. The van der Waals surface area contributed by atoms with Gasteiger partial charge in [-0.2, -0.15) is 0 Å². The summed E-state index contributed by atoms with van der Waals surface area (Å²) in [4.78, 5) is 12.0. The molecule has 0 aliphatic heterocycles. The molecule has 0 aliphatic carbocycles. The van der Waals surface area contributed by atoms with Gasteiger partial charge >= 0.3 is 0 Å². The van der Waals surface area contributed by atoms with Crippen LogP contribution in [0.4, 0.5) is 0 Å². The number of hydrogen-bond acceptors (Lipinski definition) is 3. The number of carbonyl (C=O) groups excluding carboxylic acids is 1. The average Bonchev–Trinajstić information content (AvgIpc) is 2.54. The predicted molar refractivity (Wildman–Crippen MR) is 96.0 cm³/mol. The molecule has 0 radical (unpaired) electrons. The highest BCUT2D eigenvalue weighted by molar-refractivity contribution is 6.31. The normalized spacial score (nSPS) is 11.7. The molecule has 0 aliphatic rings. The summed E-state index contributed by atoms with van der Waals surface area (Å²) in [6, 6.07) is 13.1. The maximum Gasteiger partial charge on any atom is 0.260 e. The van der Waals surface area contributed by atoms with Gasteiger partial charge in [-0.15, -0.1) is 0 Å². The number of rotatable bonds is 7. The van der Waals surface area contributed by atoms with Crippen molar-refractivity contribution in [2.75, 3.05) is 13.2 Å². The molecule has 2 rings (SSSR count). The number of benzene rings is 2. The number of nitrogens with one attached hydrogen (secondary N) is 1. The lowest BCUT2D eigenvalue weighted by Gasteiger charge is -2.15. The lowest BCUT2D eigenvalue weighted by Crippen LogP contribution is -2.38. The van der Waals surface area contributed by atoms with E-state index in [-0.39, 0.29) is 5.91 Å². The Kier molecular flexibility index (Phi) is 6.50. The van der Waals surface area contributed by atoms with Crippen LogP contribution in [0.1, 0.15) is 18.1 Å². The summed E-state index contributed by atoms with van der Waals surface area (Å²) in [5.74, 6) is 1.19. The van der Waals surface area contributed by atoms with Crippen molar-refractivity contribution >= 4 is 17.5 Å². The van der Waals surface area contributed by atoms with Crippen molar-refractivity contribution in [1.82, 2.24) is 5.32 Å². The standard InChI is InChI=1S/C19H22ClNO3/c1-13-5-4-6-17(11-13)24-15(3)19(22)21-9-10-23-16-8-7-14(2)18(20)12-16/h4-8,11-12,15H,9-10H2,1-3H3,(H,21,22)/t15-/m0/s1. The van der Waals surface area contributed by atoms with Crippen LogP contribution in [0.5, 0.6) is 11.5 Å². The molecule has 0 saturated carbocycles. The molecule has 1 atom stereocenters. The Hall–Kier alpha value is -2.20. The van der Waals surface area contributed by atoms with Crippen LogP contribution in [0, 0.1) is 13.8 Å². The van der Waals surface area contributed by atoms with Gasteiger partial charge < -0.3 is 14.8 Å². The molecule has 0 heterocycles. The molecule has 1 amide bonds. The van der Waals surface area contributed by atoms with Crippen molar-refractivity contribution in [2.45, 2.75) is 26.9 Å². The maximum atomic E-state index is 12.0. The number of amides is 1. The lowest BCUT2D eigenvalue weighted by atomic mass is 10.2. The highest BCUT2D eigenvalue weighted by atomic mass is 35.5. The third-order valence-corrected chi connectivity index (χ3v) is 3.89. The Balaban J connectivity index is 1.73. The minimum absolute atomic E-state index is 0.179. The molecule has 0 saturated heterocycles. The first kappa shape index (κ1) is 18.1. The van der Waals surface area contributed by atoms with Crippen molar-refractivity contribution in [3.8, 4) is 11.5 Å². The van der Waals surface area contributed by atoms with Gasteiger partial charge in [-0.1, -0.05) is 29.8 Å². The summed E-state index contributed by atoms with van der Waals surface area (Å²) in [5, 5.41) is 3.46. The van der Waals surface area contributed by atoms with Crippen LogP contribution in [0.25, 0.3) is 0 Å². The molecular formula is C19H22ClNO3. The molecule has 24 heavy (non-hydrogen) atoms. The van der Waals surface area contributed by atoms with E-state index in [4.69, 9.17) is 21.1 Å². The first-order chi connectivity index (χ1) is 11.5. The second-order valence-corrected chi connectivity index (χ2v) is 6.03. The van der Waals surface area contributed by atoms with E-state index >= 15 is 0 Å². The zero-order valence-corrected chi connectivity index (χ0v) is 14.9. The third-order valence-electron chi connectivity index (χ3n) is 3.48. The fourth-order valence-corrected chi connectivity index (χ4v) is 2.27. The smallest absolute Gasteiger partial charge is 0.260 e. The Morgan fingerprint density at radius 3 is 2.67 bits per heavy atom. The largest absolute Gasteiger partial charge is 0.492 e. The van der Waals surface area contributed by atoms with Crippen molar-refractivity contribution in [1.29, 1.82) is 0 Å². The van der Waals surface area contributed by atoms with E-state index in [0.29, 0.717) is 29.7 Å². The Morgan fingerprint density at radius 1 is 1.17 bits per heavy atom. The molecule has 0 spiro atoms. The Bertz CT molecular complexity index is 703. The number of aryl methyl sites for hydroxylation is 2. The highest BCUT2D eigenvalue weighted by Gasteiger charge is 2.14. The number of ether oxygens (including phenoxy) is 2. The Labute approximate surface area is 147 Å². The van der Waals surface area contributed by atoms with Crippen molar-refractivity contribution in [3.63, 3.8) is 0 Å². The molecule has 1 N–H and O–H groups in total. The van der Waals surface area contributed by atoms with E-state index in [9.17, 15) is 4.79 Å². The predicted octanol–water partition coefficient (Wildman–Crippen LogP) is 3.92. The van der Waals surface area contributed by atoms with Crippen LogP contribution < -0.4 is 14.8 Å². The zero-order chi connectivity index (χ0) is 17.5. The fraction of sp³-hybridized carbons (Fsp3) is 0.316.